The normalized spacial score (nSPS) is 30.5. The number of nitrogens with zero attached hydrogens (tertiary/aromatic N) is 1. The summed E-state index contributed by atoms with van der Waals surface area (Å²) in [4.78, 5) is 2.73. The Labute approximate surface area is 129 Å². The first kappa shape index (κ1) is 15.1. The van der Waals surface area contributed by atoms with Crippen LogP contribution in [0.4, 0.5) is 0 Å². The van der Waals surface area contributed by atoms with Crippen LogP contribution in [-0.4, -0.2) is 30.1 Å². The summed E-state index contributed by atoms with van der Waals surface area (Å²) in [7, 11) is 0. The third kappa shape index (κ3) is 3.87. The van der Waals surface area contributed by atoms with Crippen molar-refractivity contribution >= 4 is 0 Å². The summed E-state index contributed by atoms with van der Waals surface area (Å²) >= 11 is 0. The third-order valence-electron chi connectivity index (χ3n) is 5.43. The highest BCUT2D eigenvalue weighted by Gasteiger charge is 2.35. The molecule has 0 aromatic heterocycles. The lowest BCUT2D eigenvalue weighted by Gasteiger charge is -2.46. The van der Waals surface area contributed by atoms with Gasteiger partial charge in [0.1, 0.15) is 0 Å². The topological polar surface area (TPSA) is 15.3 Å². The molecular formula is C19H30N2. The molecule has 116 valence electrons. The van der Waals surface area contributed by atoms with E-state index in [1.165, 1.54) is 50.8 Å². The van der Waals surface area contributed by atoms with Crippen LogP contribution in [0.15, 0.2) is 30.3 Å². The van der Waals surface area contributed by atoms with E-state index in [1.807, 2.05) is 0 Å². The SMILES string of the molecule is CCC1(C)CN(CCCC2CC2)C(c2ccccc2)CN1. The third-order valence-corrected chi connectivity index (χ3v) is 5.43. The smallest absolute Gasteiger partial charge is 0.0473 e. The van der Waals surface area contributed by atoms with E-state index in [4.69, 9.17) is 0 Å². The molecule has 0 spiro atoms. The standard InChI is InChI=1S/C19H30N2/c1-3-19(2)15-21(13-7-8-16-11-12-16)18(14-20-19)17-9-5-4-6-10-17/h4-6,9-10,16,18,20H,3,7-8,11-15H2,1-2H3. The van der Waals surface area contributed by atoms with Crippen LogP contribution < -0.4 is 5.32 Å². The van der Waals surface area contributed by atoms with Crippen LogP contribution in [0.3, 0.4) is 0 Å². The van der Waals surface area contributed by atoms with E-state index in [9.17, 15) is 0 Å². The minimum atomic E-state index is 0.283. The number of nitrogens with one attached hydrogen (secondary N) is 1. The maximum atomic E-state index is 3.79. The van der Waals surface area contributed by atoms with Gasteiger partial charge in [0.25, 0.3) is 0 Å². The molecule has 1 aromatic carbocycles. The first-order valence-corrected chi connectivity index (χ1v) is 8.74. The number of hydrogen-bond donors (Lipinski definition) is 1. The fourth-order valence-electron chi connectivity index (χ4n) is 3.55. The Morgan fingerprint density at radius 2 is 2.00 bits per heavy atom. The summed E-state index contributed by atoms with van der Waals surface area (Å²) in [5.41, 5.74) is 1.75. The van der Waals surface area contributed by atoms with Crippen molar-refractivity contribution in [3.8, 4) is 0 Å². The molecule has 0 bridgehead atoms. The van der Waals surface area contributed by atoms with Crippen molar-refractivity contribution in [1.82, 2.24) is 10.2 Å². The quantitative estimate of drug-likeness (QED) is 0.850. The average molecular weight is 286 g/mol. The fourth-order valence-corrected chi connectivity index (χ4v) is 3.55. The number of rotatable bonds is 6. The van der Waals surface area contributed by atoms with Crippen LogP contribution in [0.2, 0.25) is 0 Å². The second-order valence-electron chi connectivity index (χ2n) is 7.28. The molecule has 2 unspecified atom stereocenters. The molecule has 2 nitrogen and oxygen atoms in total. The van der Waals surface area contributed by atoms with E-state index >= 15 is 0 Å². The van der Waals surface area contributed by atoms with E-state index in [2.05, 4.69) is 54.4 Å². The Morgan fingerprint density at radius 1 is 1.24 bits per heavy atom. The fraction of sp³-hybridized carbons (Fsp3) is 0.684. The van der Waals surface area contributed by atoms with Crippen molar-refractivity contribution in [2.24, 2.45) is 5.92 Å². The minimum absolute atomic E-state index is 0.283. The predicted octanol–water partition coefficient (Wildman–Crippen LogP) is 3.99. The van der Waals surface area contributed by atoms with Crippen LogP contribution in [0, 0.1) is 5.92 Å². The van der Waals surface area contributed by atoms with Crippen molar-refractivity contribution in [1.29, 1.82) is 0 Å². The average Bonchev–Trinajstić information content (AvgIpc) is 3.33. The van der Waals surface area contributed by atoms with Gasteiger partial charge in [0.05, 0.1) is 0 Å². The van der Waals surface area contributed by atoms with Crippen LogP contribution in [0.25, 0.3) is 0 Å². The molecule has 1 aromatic rings. The first-order valence-electron chi connectivity index (χ1n) is 8.74. The summed E-state index contributed by atoms with van der Waals surface area (Å²) < 4.78 is 0. The molecular weight excluding hydrogens is 256 g/mol. The van der Waals surface area contributed by atoms with E-state index in [0.717, 1.165) is 12.5 Å². The largest absolute Gasteiger partial charge is 0.308 e. The van der Waals surface area contributed by atoms with Gasteiger partial charge < -0.3 is 5.32 Å². The van der Waals surface area contributed by atoms with Gasteiger partial charge in [0, 0.05) is 24.7 Å². The highest BCUT2D eigenvalue weighted by Crippen LogP contribution is 2.34. The summed E-state index contributed by atoms with van der Waals surface area (Å²) in [5.74, 6) is 1.06. The van der Waals surface area contributed by atoms with Crippen LogP contribution in [0.1, 0.15) is 57.6 Å². The van der Waals surface area contributed by atoms with Gasteiger partial charge in [-0.25, -0.2) is 0 Å². The molecule has 0 radical (unpaired) electrons. The van der Waals surface area contributed by atoms with Crippen molar-refractivity contribution in [2.45, 2.75) is 57.5 Å². The number of piperazine rings is 1. The van der Waals surface area contributed by atoms with E-state index in [1.54, 1.807) is 0 Å². The Hall–Kier alpha value is -0.860. The molecule has 3 rings (SSSR count). The maximum absolute atomic E-state index is 3.79. The van der Waals surface area contributed by atoms with Crippen LogP contribution in [0.5, 0.6) is 0 Å². The predicted molar refractivity (Wildman–Crippen MR) is 89.4 cm³/mol. The number of hydrogen-bond acceptors (Lipinski definition) is 2. The van der Waals surface area contributed by atoms with Gasteiger partial charge in [-0.2, -0.15) is 0 Å². The minimum Gasteiger partial charge on any atom is -0.308 e. The Kier molecular flexibility index (Phi) is 4.66. The molecule has 2 aliphatic rings. The van der Waals surface area contributed by atoms with Gasteiger partial charge in [-0.15, -0.1) is 0 Å². The zero-order valence-corrected chi connectivity index (χ0v) is 13.6. The maximum Gasteiger partial charge on any atom is 0.0473 e. The molecule has 2 fully saturated rings. The first-order chi connectivity index (χ1) is 10.2. The zero-order chi connectivity index (χ0) is 14.7. The summed E-state index contributed by atoms with van der Waals surface area (Å²) in [5, 5.41) is 3.79. The molecule has 1 heterocycles. The van der Waals surface area contributed by atoms with Crippen molar-refractivity contribution in [2.75, 3.05) is 19.6 Å². The highest BCUT2D eigenvalue weighted by atomic mass is 15.2. The van der Waals surface area contributed by atoms with Gasteiger partial charge in [0.2, 0.25) is 0 Å². The van der Waals surface area contributed by atoms with Crippen LogP contribution in [-0.2, 0) is 0 Å². The van der Waals surface area contributed by atoms with Crippen LogP contribution >= 0.6 is 0 Å². The zero-order valence-electron chi connectivity index (χ0n) is 13.6. The molecule has 1 saturated heterocycles. The van der Waals surface area contributed by atoms with E-state index < -0.39 is 0 Å². The lowest BCUT2D eigenvalue weighted by atomic mass is 9.91. The Balaban J connectivity index is 1.67. The molecule has 1 aliphatic carbocycles. The molecule has 21 heavy (non-hydrogen) atoms. The lowest BCUT2D eigenvalue weighted by molar-refractivity contribution is 0.0820. The molecule has 1 aliphatic heterocycles. The highest BCUT2D eigenvalue weighted by molar-refractivity contribution is 5.21. The van der Waals surface area contributed by atoms with Gasteiger partial charge >= 0.3 is 0 Å². The molecule has 1 N–H and O–H groups in total. The Morgan fingerprint density at radius 3 is 2.67 bits per heavy atom. The molecule has 2 heteroatoms. The summed E-state index contributed by atoms with van der Waals surface area (Å²) in [6.07, 6.45) is 6.97. The summed E-state index contributed by atoms with van der Waals surface area (Å²) in [6, 6.07) is 11.6. The second kappa shape index (κ2) is 6.50. The van der Waals surface area contributed by atoms with Gasteiger partial charge in [-0.05, 0) is 44.2 Å². The number of benzene rings is 1. The van der Waals surface area contributed by atoms with E-state index in [0.29, 0.717) is 6.04 Å². The Bertz CT molecular complexity index is 440. The van der Waals surface area contributed by atoms with Crippen molar-refractivity contribution in [3.63, 3.8) is 0 Å². The van der Waals surface area contributed by atoms with Crippen molar-refractivity contribution < 1.29 is 0 Å². The van der Waals surface area contributed by atoms with Gasteiger partial charge in [0.15, 0.2) is 0 Å². The van der Waals surface area contributed by atoms with Gasteiger partial charge in [-0.3, -0.25) is 4.90 Å². The lowest BCUT2D eigenvalue weighted by Crippen LogP contribution is -2.59. The van der Waals surface area contributed by atoms with E-state index in [-0.39, 0.29) is 5.54 Å². The molecule has 2 atom stereocenters. The van der Waals surface area contributed by atoms with Crippen molar-refractivity contribution in [3.05, 3.63) is 35.9 Å². The van der Waals surface area contributed by atoms with Gasteiger partial charge in [-0.1, -0.05) is 50.1 Å². The molecule has 0 amide bonds. The second-order valence-corrected chi connectivity index (χ2v) is 7.28. The monoisotopic (exact) mass is 286 g/mol. The summed E-state index contributed by atoms with van der Waals surface area (Å²) in [6.45, 7) is 8.19. The molecule has 1 saturated carbocycles.